The predicted molar refractivity (Wildman–Crippen MR) is 134 cm³/mol. The van der Waals surface area contributed by atoms with Gasteiger partial charge in [0.05, 0.1) is 28.8 Å². The van der Waals surface area contributed by atoms with Crippen LogP contribution in [-0.2, 0) is 10.0 Å². The Labute approximate surface area is 209 Å². The minimum absolute atomic E-state index is 0.0484. The first-order chi connectivity index (χ1) is 16.2. The van der Waals surface area contributed by atoms with E-state index in [4.69, 9.17) is 38.4 Å². The van der Waals surface area contributed by atoms with Crippen molar-refractivity contribution in [2.75, 3.05) is 18.7 Å². The molecule has 3 N–H and O–H groups in total. The van der Waals surface area contributed by atoms with Crippen LogP contribution < -0.4 is 19.9 Å². The molecule has 11 heteroatoms. The Morgan fingerprint density at radius 3 is 2.59 bits per heavy atom. The first-order valence-corrected chi connectivity index (χ1v) is 13.2. The number of alkyl halides is 1. The number of sulfonamides is 1. The van der Waals surface area contributed by atoms with Crippen molar-refractivity contribution in [3.63, 3.8) is 0 Å². The van der Waals surface area contributed by atoms with Crippen molar-refractivity contribution in [1.82, 2.24) is 4.72 Å². The molecule has 2 aromatic carbocycles. The van der Waals surface area contributed by atoms with Crippen molar-refractivity contribution in [2.45, 2.75) is 24.9 Å². The molecule has 1 fully saturated rings. The quantitative estimate of drug-likeness (QED) is 0.357. The van der Waals surface area contributed by atoms with E-state index in [-0.39, 0.29) is 40.9 Å². The molecule has 0 spiro atoms. The Kier molecular flexibility index (Phi) is 8.80. The van der Waals surface area contributed by atoms with Crippen molar-refractivity contribution in [3.8, 4) is 23.3 Å². The normalized spacial score (nSPS) is 18.4. The van der Waals surface area contributed by atoms with Gasteiger partial charge in [0, 0.05) is 36.2 Å². The summed E-state index contributed by atoms with van der Waals surface area (Å²) in [4.78, 5) is 4.50. The lowest BCUT2D eigenvalue weighted by molar-refractivity contribution is 0.330. The molecule has 3 rings (SSSR count). The molecule has 0 unspecified atom stereocenters. The molecule has 0 radical (unpaired) electrons. The lowest BCUT2D eigenvalue weighted by atomic mass is 9.88. The van der Waals surface area contributed by atoms with E-state index >= 15 is 0 Å². The van der Waals surface area contributed by atoms with Crippen molar-refractivity contribution in [3.05, 3.63) is 58.7 Å². The number of benzene rings is 2. The van der Waals surface area contributed by atoms with Crippen LogP contribution in [0.3, 0.4) is 0 Å². The minimum atomic E-state index is -3.21. The van der Waals surface area contributed by atoms with E-state index < -0.39 is 10.0 Å². The predicted octanol–water partition coefficient (Wildman–Crippen LogP) is 4.07. The number of aliphatic imine (C=N–C) groups is 1. The van der Waals surface area contributed by atoms with Crippen LogP contribution in [0.25, 0.3) is 5.57 Å². The molecule has 180 valence electrons. The summed E-state index contributed by atoms with van der Waals surface area (Å²) in [5.41, 5.74) is 7.59. The third-order valence-corrected chi connectivity index (χ3v) is 6.18. The highest BCUT2D eigenvalue weighted by molar-refractivity contribution is 7.88. The molecule has 0 atom stereocenters. The molecular weight excluding hydrogens is 499 g/mol. The van der Waals surface area contributed by atoms with Crippen LogP contribution in [0.5, 0.6) is 17.2 Å². The largest absolute Gasteiger partial charge is 0.489 e. The Bertz CT molecular complexity index is 1220. The summed E-state index contributed by atoms with van der Waals surface area (Å²) in [5.74, 6) is 1.48. The number of rotatable bonds is 10. The second kappa shape index (κ2) is 11.6. The molecule has 0 heterocycles. The molecule has 0 saturated heterocycles. The lowest BCUT2D eigenvalue weighted by Gasteiger charge is -2.32. The van der Waals surface area contributed by atoms with Gasteiger partial charge in [0.1, 0.15) is 24.2 Å². The van der Waals surface area contributed by atoms with Crippen LogP contribution in [0.4, 0.5) is 0 Å². The average molecular weight is 523 g/mol. The van der Waals surface area contributed by atoms with Crippen LogP contribution >= 0.6 is 23.2 Å². The SMILES string of the molecule is CS(=O)(=O)NC1CC(N=CC(=CN)c2ccc(Oc3cc(Cl)c(OCCCl)c(C#N)c3)cc2)C1. The average Bonchev–Trinajstić information content (AvgIpc) is 2.76. The summed E-state index contributed by atoms with van der Waals surface area (Å²) in [6.45, 7) is 0.233. The van der Waals surface area contributed by atoms with Gasteiger partial charge < -0.3 is 15.2 Å². The maximum absolute atomic E-state index is 11.3. The van der Waals surface area contributed by atoms with Crippen LogP contribution in [0.2, 0.25) is 5.02 Å². The van der Waals surface area contributed by atoms with Gasteiger partial charge in [0.25, 0.3) is 0 Å². The van der Waals surface area contributed by atoms with Crippen LogP contribution in [0, 0.1) is 11.3 Å². The zero-order chi connectivity index (χ0) is 24.7. The van der Waals surface area contributed by atoms with Gasteiger partial charge in [-0.05, 0) is 30.5 Å². The third-order valence-electron chi connectivity index (χ3n) is 4.98. The number of allylic oxidation sites excluding steroid dienone is 1. The highest BCUT2D eigenvalue weighted by Crippen LogP contribution is 2.35. The summed E-state index contributed by atoms with van der Waals surface area (Å²) < 4.78 is 36.4. The van der Waals surface area contributed by atoms with Crippen LogP contribution in [0.15, 0.2) is 47.6 Å². The Hall–Kier alpha value is -2.77. The van der Waals surface area contributed by atoms with E-state index in [0.717, 1.165) is 17.4 Å². The molecular formula is C23H24Cl2N4O4S. The molecule has 0 bridgehead atoms. The third kappa shape index (κ3) is 7.11. The van der Waals surface area contributed by atoms with Crippen molar-refractivity contribution < 1.29 is 17.9 Å². The number of nitrogens with two attached hydrogens (primary N) is 1. The van der Waals surface area contributed by atoms with Gasteiger partial charge >= 0.3 is 0 Å². The van der Waals surface area contributed by atoms with Crippen LogP contribution in [-0.4, -0.2) is 45.5 Å². The molecule has 1 aliphatic rings. The molecule has 0 aliphatic heterocycles. The highest BCUT2D eigenvalue weighted by atomic mass is 35.5. The summed E-state index contributed by atoms with van der Waals surface area (Å²) in [7, 11) is -3.21. The number of hydrogen-bond donors (Lipinski definition) is 2. The smallest absolute Gasteiger partial charge is 0.208 e. The molecule has 1 saturated carbocycles. The van der Waals surface area contributed by atoms with E-state index in [1.807, 2.05) is 18.2 Å². The van der Waals surface area contributed by atoms with Crippen molar-refractivity contribution >= 4 is 45.0 Å². The van der Waals surface area contributed by atoms with Gasteiger partial charge in [-0.15, -0.1) is 11.6 Å². The highest BCUT2D eigenvalue weighted by Gasteiger charge is 2.30. The van der Waals surface area contributed by atoms with E-state index in [1.165, 1.54) is 6.20 Å². The van der Waals surface area contributed by atoms with Gasteiger partial charge in [0.2, 0.25) is 10.0 Å². The summed E-state index contributed by atoms with van der Waals surface area (Å²) in [6.07, 6.45) is 5.60. The number of ether oxygens (including phenoxy) is 2. The number of hydrogen-bond acceptors (Lipinski definition) is 7. The van der Waals surface area contributed by atoms with Gasteiger partial charge in [-0.25, -0.2) is 13.1 Å². The second-order valence-corrected chi connectivity index (χ2v) is 10.2. The summed E-state index contributed by atoms with van der Waals surface area (Å²) >= 11 is 11.9. The van der Waals surface area contributed by atoms with Crippen molar-refractivity contribution in [2.24, 2.45) is 10.7 Å². The second-order valence-electron chi connectivity index (χ2n) is 7.67. The summed E-state index contributed by atoms with van der Waals surface area (Å²) in [5, 5.41) is 9.65. The zero-order valence-corrected chi connectivity index (χ0v) is 20.7. The van der Waals surface area contributed by atoms with E-state index in [1.54, 1.807) is 30.5 Å². The topological polar surface area (TPSA) is 127 Å². The number of nitrogens with zero attached hydrogens (tertiary/aromatic N) is 2. The Morgan fingerprint density at radius 2 is 2.00 bits per heavy atom. The molecule has 2 aromatic rings. The van der Waals surface area contributed by atoms with Gasteiger partial charge in [-0.1, -0.05) is 23.7 Å². The first kappa shape index (κ1) is 25.8. The molecule has 0 aromatic heterocycles. The Balaban J connectivity index is 1.63. The minimum Gasteiger partial charge on any atom is -0.489 e. The van der Waals surface area contributed by atoms with E-state index in [9.17, 15) is 13.7 Å². The zero-order valence-electron chi connectivity index (χ0n) is 18.4. The number of halogens is 2. The molecule has 0 amide bonds. The van der Waals surface area contributed by atoms with E-state index in [2.05, 4.69) is 9.71 Å². The Morgan fingerprint density at radius 1 is 1.29 bits per heavy atom. The first-order valence-electron chi connectivity index (χ1n) is 10.4. The maximum Gasteiger partial charge on any atom is 0.208 e. The van der Waals surface area contributed by atoms with E-state index in [0.29, 0.717) is 24.3 Å². The summed E-state index contributed by atoms with van der Waals surface area (Å²) in [6, 6.07) is 12.3. The van der Waals surface area contributed by atoms with Crippen LogP contribution in [0.1, 0.15) is 24.0 Å². The fraction of sp³-hybridized carbons (Fsp3) is 0.304. The standard InChI is InChI=1S/C23H24Cl2N4O4S/c1-34(30,31)29-19-9-18(10-19)28-14-17(13-27)15-2-4-20(5-3-15)33-21-8-16(12-26)23(22(25)11-21)32-7-6-24/h2-5,8,11,13-14,18-19,29H,6-7,9-10,27H2,1H3. The fourth-order valence-electron chi connectivity index (χ4n) is 3.36. The molecule has 1 aliphatic carbocycles. The van der Waals surface area contributed by atoms with Gasteiger partial charge in [0.15, 0.2) is 5.75 Å². The van der Waals surface area contributed by atoms with Crippen molar-refractivity contribution in [1.29, 1.82) is 5.26 Å². The molecule has 34 heavy (non-hydrogen) atoms. The number of nitriles is 1. The molecule has 8 nitrogen and oxygen atoms in total. The lowest BCUT2D eigenvalue weighted by Crippen LogP contribution is -2.45. The maximum atomic E-state index is 11.3. The monoisotopic (exact) mass is 522 g/mol. The number of nitrogens with one attached hydrogen (secondary N) is 1. The van der Waals surface area contributed by atoms with Gasteiger partial charge in [-0.3, -0.25) is 4.99 Å². The fourth-order valence-corrected chi connectivity index (χ4v) is 4.50. The van der Waals surface area contributed by atoms with Gasteiger partial charge in [-0.2, -0.15) is 5.26 Å².